The van der Waals surface area contributed by atoms with Gasteiger partial charge < -0.3 is 9.88 Å². The molecule has 8 nitrogen and oxygen atoms in total. The lowest BCUT2D eigenvalue weighted by Gasteiger charge is -2.13. The topological polar surface area (TPSA) is 103 Å². The van der Waals surface area contributed by atoms with E-state index in [2.05, 4.69) is 15.5 Å². The van der Waals surface area contributed by atoms with E-state index < -0.39 is 4.92 Å². The van der Waals surface area contributed by atoms with E-state index in [9.17, 15) is 14.9 Å². The van der Waals surface area contributed by atoms with Gasteiger partial charge in [-0.1, -0.05) is 42.1 Å². The summed E-state index contributed by atoms with van der Waals surface area (Å²) in [6.45, 7) is 1.86. The molecule has 1 heterocycles. The fraction of sp³-hybridized carbons (Fsp3) is 0.211. The van der Waals surface area contributed by atoms with Crippen molar-refractivity contribution in [3.05, 3.63) is 81.7 Å². The van der Waals surface area contributed by atoms with Crippen LogP contribution in [0.2, 0.25) is 0 Å². The van der Waals surface area contributed by atoms with Crippen LogP contribution in [0.25, 0.3) is 0 Å². The number of thioether (sulfide) groups is 1. The van der Waals surface area contributed by atoms with Crippen LogP contribution in [0.3, 0.4) is 0 Å². The molecule has 0 fully saturated rings. The summed E-state index contributed by atoms with van der Waals surface area (Å²) in [5, 5.41) is 22.7. The maximum Gasteiger partial charge on any atom is 0.269 e. The Labute approximate surface area is 166 Å². The molecule has 0 bridgehead atoms. The molecule has 0 radical (unpaired) electrons. The van der Waals surface area contributed by atoms with Crippen molar-refractivity contribution in [2.45, 2.75) is 23.9 Å². The van der Waals surface area contributed by atoms with Gasteiger partial charge >= 0.3 is 0 Å². The fourth-order valence-electron chi connectivity index (χ4n) is 2.62. The third-order valence-corrected chi connectivity index (χ3v) is 5.25. The SMILES string of the molecule is C[C@@H](NC(=O)c1ccccc1)c1nnc(SCc2ccc([N+](=O)[O-])cc2)n1C. The first kappa shape index (κ1) is 19.6. The van der Waals surface area contributed by atoms with Crippen molar-refractivity contribution in [2.75, 3.05) is 0 Å². The van der Waals surface area contributed by atoms with E-state index in [0.717, 1.165) is 5.56 Å². The van der Waals surface area contributed by atoms with E-state index in [1.807, 2.05) is 36.7 Å². The van der Waals surface area contributed by atoms with Crippen molar-refractivity contribution < 1.29 is 9.72 Å². The number of benzene rings is 2. The minimum absolute atomic E-state index is 0.0673. The summed E-state index contributed by atoms with van der Waals surface area (Å²) < 4.78 is 1.84. The van der Waals surface area contributed by atoms with Crippen molar-refractivity contribution in [1.82, 2.24) is 20.1 Å². The van der Waals surface area contributed by atoms with E-state index in [-0.39, 0.29) is 17.6 Å². The number of hydrogen-bond donors (Lipinski definition) is 1. The van der Waals surface area contributed by atoms with Gasteiger partial charge in [0.15, 0.2) is 11.0 Å². The molecule has 3 rings (SSSR count). The van der Waals surface area contributed by atoms with Crippen molar-refractivity contribution in [3.63, 3.8) is 0 Å². The van der Waals surface area contributed by atoms with Crippen LogP contribution < -0.4 is 5.32 Å². The van der Waals surface area contributed by atoms with Gasteiger partial charge in [0, 0.05) is 30.5 Å². The molecule has 1 amide bonds. The maximum absolute atomic E-state index is 12.3. The van der Waals surface area contributed by atoms with Gasteiger partial charge in [0.2, 0.25) is 0 Å². The molecule has 0 spiro atoms. The van der Waals surface area contributed by atoms with Crippen molar-refractivity contribution in [3.8, 4) is 0 Å². The van der Waals surface area contributed by atoms with E-state index in [0.29, 0.717) is 22.3 Å². The minimum Gasteiger partial charge on any atom is -0.342 e. The van der Waals surface area contributed by atoms with E-state index in [4.69, 9.17) is 0 Å². The van der Waals surface area contributed by atoms with Gasteiger partial charge in [0.05, 0.1) is 11.0 Å². The molecule has 0 saturated heterocycles. The van der Waals surface area contributed by atoms with Gasteiger partial charge in [-0.3, -0.25) is 14.9 Å². The van der Waals surface area contributed by atoms with Gasteiger partial charge in [-0.15, -0.1) is 10.2 Å². The number of carbonyl (C=O) groups excluding carboxylic acids is 1. The normalized spacial score (nSPS) is 11.8. The lowest BCUT2D eigenvalue weighted by Crippen LogP contribution is -2.28. The van der Waals surface area contributed by atoms with E-state index in [1.54, 1.807) is 24.3 Å². The molecule has 9 heteroatoms. The summed E-state index contributed by atoms with van der Waals surface area (Å²) in [5.41, 5.74) is 1.60. The second-order valence-corrected chi connectivity index (χ2v) is 7.12. The average Bonchev–Trinajstić information content (AvgIpc) is 3.08. The molecule has 2 aromatic carbocycles. The van der Waals surface area contributed by atoms with Gasteiger partial charge in [-0.25, -0.2) is 0 Å². The molecule has 0 saturated carbocycles. The number of nitrogens with zero attached hydrogens (tertiary/aromatic N) is 4. The molecule has 0 unspecified atom stereocenters. The average molecular weight is 397 g/mol. The highest BCUT2D eigenvalue weighted by molar-refractivity contribution is 7.98. The third-order valence-electron chi connectivity index (χ3n) is 4.15. The first-order valence-corrected chi connectivity index (χ1v) is 9.55. The largest absolute Gasteiger partial charge is 0.342 e. The van der Waals surface area contributed by atoms with Crippen LogP contribution in [0, 0.1) is 10.1 Å². The van der Waals surface area contributed by atoms with Crippen LogP contribution >= 0.6 is 11.8 Å². The highest BCUT2D eigenvalue weighted by atomic mass is 32.2. The van der Waals surface area contributed by atoms with E-state index in [1.165, 1.54) is 23.9 Å². The highest BCUT2D eigenvalue weighted by Crippen LogP contribution is 2.24. The Bertz CT molecular complexity index is 973. The third kappa shape index (κ3) is 4.55. The van der Waals surface area contributed by atoms with Gasteiger partial charge in [-0.05, 0) is 24.6 Å². The Morgan fingerprint density at radius 2 is 1.86 bits per heavy atom. The molecule has 0 aliphatic carbocycles. The number of rotatable bonds is 7. The van der Waals surface area contributed by atoms with Gasteiger partial charge in [-0.2, -0.15) is 0 Å². The smallest absolute Gasteiger partial charge is 0.269 e. The number of hydrogen-bond acceptors (Lipinski definition) is 6. The highest BCUT2D eigenvalue weighted by Gasteiger charge is 2.18. The van der Waals surface area contributed by atoms with Crippen LogP contribution in [0.4, 0.5) is 5.69 Å². The molecular weight excluding hydrogens is 378 g/mol. The molecule has 144 valence electrons. The Kier molecular flexibility index (Phi) is 6.05. The molecule has 0 aliphatic heterocycles. The molecule has 1 atom stereocenters. The second-order valence-electron chi connectivity index (χ2n) is 6.17. The number of non-ortho nitro benzene ring substituents is 1. The zero-order valence-corrected chi connectivity index (χ0v) is 16.2. The predicted molar refractivity (Wildman–Crippen MR) is 106 cm³/mol. The molecule has 1 aromatic heterocycles. The summed E-state index contributed by atoms with van der Waals surface area (Å²) in [7, 11) is 1.85. The minimum atomic E-state index is -0.420. The number of amides is 1. The number of carbonyl (C=O) groups is 1. The van der Waals surface area contributed by atoms with Crippen LogP contribution in [0.15, 0.2) is 59.8 Å². The first-order chi connectivity index (χ1) is 13.5. The van der Waals surface area contributed by atoms with Crippen LogP contribution in [-0.2, 0) is 12.8 Å². The van der Waals surface area contributed by atoms with E-state index >= 15 is 0 Å². The van der Waals surface area contributed by atoms with Crippen molar-refractivity contribution in [2.24, 2.45) is 7.05 Å². The van der Waals surface area contributed by atoms with Gasteiger partial charge in [0.1, 0.15) is 0 Å². The Hall–Kier alpha value is -3.20. The Balaban J connectivity index is 1.62. The number of nitro groups is 1. The van der Waals surface area contributed by atoms with Crippen LogP contribution in [-0.4, -0.2) is 25.6 Å². The zero-order chi connectivity index (χ0) is 20.1. The number of nitrogens with one attached hydrogen (secondary N) is 1. The number of nitro benzene ring substituents is 1. The van der Waals surface area contributed by atoms with Gasteiger partial charge in [0.25, 0.3) is 11.6 Å². The molecule has 1 N–H and O–H groups in total. The molecule has 28 heavy (non-hydrogen) atoms. The first-order valence-electron chi connectivity index (χ1n) is 8.57. The molecular formula is C19H19N5O3S. The standard InChI is InChI=1S/C19H19N5O3S/c1-13(20-18(25)15-6-4-3-5-7-15)17-21-22-19(23(17)2)28-12-14-8-10-16(11-9-14)24(26)27/h3-11,13H,12H2,1-2H3,(H,20,25)/t13-/m1/s1. The van der Waals surface area contributed by atoms with Crippen LogP contribution in [0.1, 0.15) is 34.7 Å². The maximum atomic E-state index is 12.3. The van der Waals surface area contributed by atoms with Crippen molar-refractivity contribution in [1.29, 1.82) is 0 Å². The lowest BCUT2D eigenvalue weighted by molar-refractivity contribution is -0.384. The Morgan fingerprint density at radius 3 is 2.50 bits per heavy atom. The summed E-state index contributed by atoms with van der Waals surface area (Å²) in [6.07, 6.45) is 0. The van der Waals surface area contributed by atoms with Crippen LogP contribution in [0.5, 0.6) is 0 Å². The summed E-state index contributed by atoms with van der Waals surface area (Å²) in [6, 6.07) is 15.1. The second kappa shape index (κ2) is 8.66. The van der Waals surface area contributed by atoms with Crippen molar-refractivity contribution >= 4 is 23.4 Å². The summed E-state index contributed by atoms with van der Waals surface area (Å²) in [5.74, 6) is 1.08. The summed E-state index contributed by atoms with van der Waals surface area (Å²) >= 11 is 1.47. The summed E-state index contributed by atoms with van der Waals surface area (Å²) in [4.78, 5) is 22.6. The number of aromatic nitrogens is 3. The quantitative estimate of drug-likeness (QED) is 0.372. The lowest BCUT2D eigenvalue weighted by atomic mass is 10.2. The predicted octanol–water partition coefficient (Wildman–Crippen LogP) is 3.51. The fourth-order valence-corrected chi connectivity index (χ4v) is 3.50. The monoisotopic (exact) mass is 397 g/mol. The Morgan fingerprint density at radius 1 is 1.18 bits per heavy atom. The molecule has 3 aromatic rings. The zero-order valence-electron chi connectivity index (χ0n) is 15.4. The molecule has 0 aliphatic rings.